The molecule has 0 fully saturated rings. The number of aromatic nitrogens is 2. The molecule has 6 nitrogen and oxygen atoms in total. The molecule has 120 valence electrons. The van der Waals surface area contributed by atoms with Crippen molar-refractivity contribution in [1.29, 1.82) is 0 Å². The molecule has 2 N–H and O–H groups in total. The first-order valence-corrected chi connectivity index (χ1v) is 7.80. The average Bonchev–Trinajstić information content (AvgIpc) is 3.04. The predicted molar refractivity (Wildman–Crippen MR) is 86.8 cm³/mol. The van der Waals surface area contributed by atoms with Crippen molar-refractivity contribution in [2.45, 2.75) is 32.9 Å². The number of fused-ring (bicyclic) bond motifs is 1. The van der Waals surface area contributed by atoms with Gasteiger partial charge in [-0.3, -0.25) is 14.7 Å². The van der Waals surface area contributed by atoms with E-state index in [-0.39, 0.29) is 17.7 Å². The van der Waals surface area contributed by atoms with Gasteiger partial charge in [0.1, 0.15) is 6.04 Å². The molecule has 0 bridgehead atoms. The molecule has 1 aliphatic rings. The fraction of sp³-hybridized carbons (Fsp3) is 0.353. The number of anilines is 1. The minimum absolute atomic E-state index is 0.0557. The lowest BCUT2D eigenvalue weighted by Crippen LogP contribution is -2.48. The summed E-state index contributed by atoms with van der Waals surface area (Å²) in [6.45, 7) is 4.42. The van der Waals surface area contributed by atoms with Crippen LogP contribution in [0.4, 0.5) is 5.69 Å². The predicted octanol–water partition coefficient (Wildman–Crippen LogP) is 2.42. The Labute approximate surface area is 134 Å². The third-order valence-electron chi connectivity index (χ3n) is 4.41. The van der Waals surface area contributed by atoms with Crippen molar-refractivity contribution in [3.05, 3.63) is 47.8 Å². The number of H-pyrrole nitrogens is 1. The highest BCUT2D eigenvalue weighted by Gasteiger charge is 2.37. The van der Waals surface area contributed by atoms with Crippen LogP contribution in [0, 0.1) is 5.92 Å². The Morgan fingerprint density at radius 3 is 2.91 bits per heavy atom. The van der Waals surface area contributed by atoms with Gasteiger partial charge >= 0.3 is 0 Å². The maximum absolute atomic E-state index is 12.9. The first-order chi connectivity index (χ1) is 11.1. The van der Waals surface area contributed by atoms with E-state index in [1.165, 1.54) is 6.20 Å². The maximum atomic E-state index is 12.9. The van der Waals surface area contributed by atoms with Crippen LogP contribution in [0.2, 0.25) is 0 Å². The van der Waals surface area contributed by atoms with Crippen molar-refractivity contribution >= 4 is 17.5 Å². The van der Waals surface area contributed by atoms with E-state index in [9.17, 15) is 9.59 Å². The quantitative estimate of drug-likeness (QED) is 0.913. The second-order valence-electron chi connectivity index (χ2n) is 5.90. The Bertz CT molecular complexity index is 711. The number of hydrogen-bond donors (Lipinski definition) is 2. The fourth-order valence-electron chi connectivity index (χ4n) is 2.93. The van der Waals surface area contributed by atoms with Crippen molar-refractivity contribution in [2.75, 3.05) is 5.32 Å². The molecule has 1 aliphatic heterocycles. The van der Waals surface area contributed by atoms with Gasteiger partial charge in [0.25, 0.3) is 5.91 Å². The van der Waals surface area contributed by atoms with E-state index < -0.39 is 6.04 Å². The summed E-state index contributed by atoms with van der Waals surface area (Å²) in [7, 11) is 0. The van der Waals surface area contributed by atoms with E-state index in [0.29, 0.717) is 12.1 Å². The second kappa shape index (κ2) is 6.24. The van der Waals surface area contributed by atoms with E-state index in [4.69, 9.17) is 0 Å². The van der Waals surface area contributed by atoms with Gasteiger partial charge in [0.2, 0.25) is 5.91 Å². The van der Waals surface area contributed by atoms with E-state index in [2.05, 4.69) is 15.5 Å². The molecule has 3 rings (SSSR count). The Balaban J connectivity index is 2.03. The van der Waals surface area contributed by atoms with Crippen molar-refractivity contribution in [1.82, 2.24) is 15.1 Å². The van der Waals surface area contributed by atoms with E-state index in [0.717, 1.165) is 17.7 Å². The molecule has 2 heterocycles. The molecule has 6 heteroatoms. The van der Waals surface area contributed by atoms with E-state index in [1.807, 2.05) is 38.1 Å². The van der Waals surface area contributed by atoms with Gasteiger partial charge in [0.15, 0.2) is 0 Å². The summed E-state index contributed by atoms with van der Waals surface area (Å²) in [6, 6.07) is 7.09. The summed E-state index contributed by atoms with van der Waals surface area (Å²) >= 11 is 0. The number of benzene rings is 1. The van der Waals surface area contributed by atoms with Gasteiger partial charge in [-0.05, 0) is 17.5 Å². The van der Waals surface area contributed by atoms with Crippen LogP contribution in [0.3, 0.4) is 0 Å². The molecular weight excluding hydrogens is 292 g/mol. The van der Waals surface area contributed by atoms with Gasteiger partial charge in [0, 0.05) is 18.4 Å². The highest BCUT2D eigenvalue weighted by molar-refractivity contribution is 6.02. The number of amides is 2. The zero-order valence-corrected chi connectivity index (χ0v) is 13.2. The van der Waals surface area contributed by atoms with Gasteiger partial charge in [0.05, 0.1) is 11.8 Å². The van der Waals surface area contributed by atoms with Crippen LogP contribution in [-0.4, -0.2) is 33.0 Å². The van der Waals surface area contributed by atoms with Crippen molar-refractivity contribution < 1.29 is 9.59 Å². The van der Waals surface area contributed by atoms with Gasteiger partial charge in [-0.15, -0.1) is 0 Å². The molecule has 2 aromatic rings. The first-order valence-electron chi connectivity index (χ1n) is 7.80. The molecule has 0 spiro atoms. The molecule has 0 aliphatic carbocycles. The molecule has 2 unspecified atom stereocenters. The average molecular weight is 312 g/mol. The Morgan fingerprint density at radius 1 is 1.43 bits per heavy atom. The largest absolute Gasteiger partial charge is 0.324 e. The van der Waals surface area contributed by atoms with Crippen LogP contribution in [0.5, 0.6) is 0 Å². The molecule has 23 heavy (non-hydrogen) atoms. The zero-order valence-electron chi connectivity index (χ0n) is 13.2. The highest BCUT2D eigenvalue weighted by atomic mass is 16.2. The van der Waals surface area contributed by atoms with Gasteiger partial charge in [-0.25, -0.2) is 0 Å². The number of rotatable bonds is 3. The lowest BCUT2D eigenvalue weighted by molar-refractivity contribution is -0.122. The number of aromatic amines is 1. The minimum atomic E-state index is -0.505. The standard InChI is InChI=1S/C17H20N4O2/c1-3-11(2)15-16(22)20-14-7-5-4-6-12(14)10-21(15)17(23)13-8-18-19-9-13/h4-9,11,15H,3,10H2,1-2H3,(H,18,19)(H,20,22). The molecule has 0 saturated carbocycles. The number of carbonyl (C=O) groups is 2. The molecule has 1 aromatic heterocycles. The number of carbonyl (C=O) groups excluding carboxylic acids is 2. The lowest BCUT2D eigenvalue weighted by Gasteiger charge is -2.32. The number of hydrogen-bond acceptors (Lipinski definition) is 3. The van der Waals surface area contributed by atoms with Gasteiger partial charge in [-0.2, -0.15) is 5.10 Å². The minimum Gasteiger partial charge on any atom is -0.324 e. The number of nitrogens with one attached hydrogen (secondary N) is 2. The Hall–Kier alpha value is -2.63. The smallest absolute Gasteiger partial charge is 0.258 e. The van der Waals surface area contributed by atoms with Crippen LogP contribution in [0.1, 0.15) is 36.2 Å². The monoisotopic (exact) mass is 312 g/mol. The highest BCUT2D eigenvalue weighted by Crippen LogP contribution is 2.28. The van der Waals surface area contributed by atoms with Crippen LogP contribution in [0.25, 0.3) is 0 Å². The zero-order chi connectivity index (χ0) is 16.4. The maximum Gasteiger partial charge on any atom is 0.258 e. The summed E-state index contributed by atoms with van der Waals surface area (Å²) in [5, 5.41) is 9.46. The van der Waals surface area contributed by atoms with Crippen molar-refractivity contribution in [3.63, 3.8) is 0 Å². The van der Waals surface area contributed by atoms with Crippen LogP contribution >= 0.6 is 0 Å². The summed E-state index contributed by atoms with van der Waals surface area (Å²) in [4.78, 5) is 27.3. The van der Waals surface area contributed by atoms with Crippen molar-refractivity contribution in [3.8, 4) is 0 Å². The third kappa shape index (κ3) is 2.84. The first kappa shape index (κ1) is 15.3. The SMILES string of the molecule is CCC(C)C1C(=O)Nc2ccccc2CN1C(=O)c1cn[nH]c1. The van der Waals surface area contributed by atoms with E-state index >= 15 is 0 Å². The third-order valence-corrected chi connectivity index (χ3v) is 4.41. The normalized spacial score (nSPS) is 18.8. The van der Waals surface area contributed by atoms with Crippen LogP contribution in [0.15, 0.2) is 36.7 Å². The fourth-order valence-corrected chi connectivity index (χ4v) is 2.93. The van der Waals surface area contributed by atoms with Crippen molar-refractivity contribution in [2.24, 2.45) is 5.92 Å². The van der Waals surface area contributed by atoms with Gasteiger partial charge < -0.3 is 10.2 Å². The molecule has 2 atom stereocenters. The topological polar surface area (TPSA) is 78.1 Å². The summed E-state index contributed by atoms with van der Waals surface area (Å²) in [6.07, 6.45) is 3.86. The number of nitrogens with zero attached hydrogens (tertiary/aromatic N) is 2. The second-order valence-corrected chi connectivity index (χ2v) is 5.90. The number of para-hydroxylation sites is 1. The Kier molecular flexibility index (Phi) is 4.14. The Morgan fingerprint density at radius 2 is 2.22 bits per heavy atom. The molecule has 2 amide bonds. The molecule has 1 aromatic carbocycles. The summed E-state index contributed by atoms with van der Waals surface area (Å²) in [5.74, 6) is -0.266. The van der Waals surface area contributed by atoms with Gasteiger partial charge in [-0.1, -0.05) is 38.5 Å². The van der Waals surface area contributed by atoms with Crippen LogP contribution < -0.4 is 5.32 Å². The van der Waals surface area contributed by atoms with Crippen LogP contribution in [-0.2, 0) is 11.3 Å². The molecular formula is C17H20N4O2. The summed E-state index contributed by atoms with van der Waals surface area (Å²) < 4.78 is 0. The summed E-state index contributed by atoms with van der Waals surface area (Å²) in [5.41, 5.74) is 2.17. The molecule has 0 saturated heterocycles. The molecule has 0 radical (unpaired) electrons. The lowest BCUT2D eigenvalue weighted by atomic mass is 9.96. The van der Waals surface area contributed by atoms with E-state index in [1.54, 1.807) is 11.1 Å².